The molecule has 2 N–H and O–H groups in total. The van der Waals surface area contributed by atoms with E-state index in [-0.39, 0.29) is 18.2 Å². The van der Waals surface area contributed by atoms with E-state index in [1.165, 1.54) is 5.56 Å². The largest absolute Gasteiger partial charge is 0.492 e. The van der Waals surface area contributed by atoms with Crippen molar-refractivity contribution >= 4 is 39.1 Å². The molecule has 4 aromatic carbocycles. The Labute approximate surface area is 213 Å². The molecule has 4 rings (SSSR count). The smallest absolute Gasteiger partial charge is 0.255 e. The van der Waals surface area contributed by atoms with E-state index in [1.54, 1.807) is 42.5 Å². The Morgan fingerprint density at radius 1 is 0.714 bits per heavy atom. The highest BCUT2D eigenvalue weighted by Gasteiger charge is 2.11. The zero-order valence-electron chi connectivity index (χ0n) is 19.0. The number of anilines is 2. The minimum absolute atomic E-state index is 0.119. The Bertz CT molecular complexity index is 1290. The number of rotatable bonds is 9. The summed E-state index contributed by atoms with van der Waals surface area (Å²) in [5, 5.41) is 5.76. The molecule has 35 heavy (non-hydrogen) atoms. The van der Waals surface area contributed by atoms with Gasteiger partial charge in [0.2, 0.25) is 5.91 Å². The predicted octanol–water partition coefficient (Wildman–Crippen LogP) is 6.50. The van der Waals surface area contributed by atoms with Crippen LogP contribution in [-0.4, -0.2) is 18.4 Å². The lowest BCUT2D eigenvalue weighted by atomic mass is 10.1. The molecule has 0 aliphatic rings. The first-order valence-corrected chi connectivity index (χ1v) is 12.1. The van der Waals surface area contributed by atoms with Gasteiger partial charge in [-0.15, -0.1) is 0 Å². The predicted molar refractivity (Wildman–Crippen MR) is 143 cm³/mol. The van der Waals surface area contributed by atoms with Crippen molar-refractivity contribution in [2.75, 3.05) is 17.2 Å². The summed E-state index contributed by atoms with van der Waals surface area (Å²) in [5.41, 5.74) is 3.84. The molecule has 0 radical (unpaired) electrons. The molecule has 0 bridgehead atoms. The Morgan fingerprint density at radius 3 is 2.06 bits per heavy atom. The number of hydrogen-bond acceptors (Lipinski definition) is 3. The van der Waals surface area contributed by atoms with Crippen LogP contribution in [0.1, 0.15) is 21.5 Å². The minimum atomic E-state index is -0.255. The van der Waals surface area contributed by atoms with Crippen molar-refractivity contribution < 1.29 is 14.3 Å². The zero-order chi connectivity index (χ0) is 24.5. The van der Waals surface area contributed by atoms with Crippen LogP contribution >= 0.6 is 15.9 Å². The number of ether oxygens (including phenoxy) is 1. The van der Waals surface area contributed by atoms with Gasteiger partial charge in [0, 0.05) is 23.4 Å². The Morgan fingerprint density at radius 2 is 1.37 bits per heavy atom. The molecule has 0 aliphatic heterocycles. The number of amides is 2. The first-order valence-electron chi connectivity index (χ1n) is 11.3. The summed E-state index contributed by atoms with van der Waals surface area (Å²) in [5.74, 6) is 0.307. The lowest BCUT2D eigenvalue weighted by molar-refractivity contribution is -0.115. The van der Waals surface area contributed by atoms with Crippen LogP contribution in [0.3, 0.4) is 0 Å². The molecule has 176 valence electrons. The third kappa shape index (κ3) is 7.29. The van der Waals surface area contributed by atoms with Gasteiger partial charge in [-0.25, -0.2) is 0 Å². The van der Waals surface area contributed by atoms with E-state index >= 15 is 0 Å². The highest BCUT2D eigenvalue weighted by molar-refractivity contribution is 9.10. The van der Waals surface area contributed by atoms with Crippen molar-refractivity contribution in [3.63, 3.8) is 0 Å². The molecule has 0 saturated carbocycles. The molecular formula is C29H25BrN2O3. The lowest BCUT2D eigenvalue weighted by Crippen LogP contribution is -2.15. The third-order valence-electron chi connectivity index (χ3n) is 5.30. The van der Waals surface area contributed by atoms with Crippen LogP contribution < -0.4 is 15.4 Å². The van der Waals surface area contributed by atoms with Gasteiger partial charge in [0.25, 0.3) is 5.91 Å². The van der Waals surface area contributed by atoms with Crippen molar-refractivity contribution in [2.24, 2.45) is 0 Å². The number of benzene rings is 4. The Hall–Kier alpha value is -3.90. The number of carbonyl (C=O) groups excluding carboxylic acids is 2. The molecule has 6 heteroatoms. The maximum absolute atomic E-state index is 12.8. The molecule has 4 aromatic rings. The summed E-state index contributed by atoms with van der Waals surface area (Å²) < 4.78 is 6.58. The second-order valence-electron chi connectivity index (χ2n) is 7.97. The number of halogens is 1. The molecular weight excluding hydrogens is 504 g/mol. The molecule has 0 atom stereocenters. The van der Waals surface area contributed by atoms with Crippen molar-refractivity contribution in [1.82, 2.24) is 0 Å². The van der Waals surface area contributed by atoms with Gasteiger partial charge in [-0.05, 0) is 63.5 Å². The SMILES string of the molecule is O=C(Cc1ccccc1)Nc1cccc(NC(=O)c2ccc(OCCc3ccccc3)c(Br)c2)c1. The van der Waals surface area contributed by atoms with Gasteiger partial charge in [0.1, 0.15) is 5.75 Å². The monoisotopic (exact) mass is 528 g/mol. The van der Waals surface area contributed by atoms with Crippen molar-refractivity contribution in [3.05, 3.63) is 124 Å². The molecule has 2 amide bonds. The molecule has 5 nitrogen and oxygen atoms in total. The summed E-state index contributed by atoms with van der Waals surface area (Å²) >= 11 is 3.50. The standard InChI is InChI=1S/C29H25BrN2O3/c30-26-19-23(14-15-27(26)35-17-16-21-8-3-1-4-9-21)29(34)32-25-13-7-12-24(20-25)31-28(33)18-22-10-5-2-6-11-22/h1-15,19-20H,16-18H2,(H,31,33)(H,32,34). The van der Waals surface area contributed by atoms with Gasteiger partial charge in [-0.3, -0.25) is 9.59 Å². The quantitative estimate of drug-likeness (QED) is 0.260. The van der Waals surface area contributed by atoms with Crippen LogP contribution in [0.2, 0.25) is 0 Å². The summed E-state index contributed by atoms with van der Waals surface area (Å²) in [4.78, 5) is 25.1. The van der Waals surface area contributed by atoms with E-state index in [9.17, 15) is 9.59 Å². The minimum Gasteiger partial charge on any atom is -0.492 e. The van der Waals surface area contributed by atoms with Crippen LogP contribution in [0.15, 0.2) is 108 Å². The van der Waals surface area contributed by atoms with Crippen molar-refractivity contribution in [2.45, 2.75) is 12.8 Å². The van der Waals surface area contributed by atoms with E-state index in [1.807, 2.05) is 48.5 Å². The van der Waals surface area contributed by atoms with E-state index in [0.29, 0.717) is 33.8 Å². The first kappa shape index (κ1) is 24.2. The molecule has 0 saturated heterocycles. The van der Waals surface area contributed by atoms with E-state index in [0.717, 1.165) is 12.0 Å². The summed E-state index contributed by atoms with van der Waals surface area (Å²) in [6.45, 7) is 0.539. The van der Waals surface area contributed by atoms with Gasteiger partial charge < -0.3 is 15.4 Å². The molecule has 0 aromatic heterocycles. The fraction of sp³-hybridized carbons (Fsp3) is 0.103. The number of carbonyl (C=O) groups is 2. The van der Waals surface area contributed by atoms with Gasteiger partial charge in [0.05, 0.1) is 17.5 Å². The molecule has 0 fully saturated rings. The Balaban J connectivity index is 1.32. The van der Waals surface area contributed by atoms with Gasteiger partial charge in [-0.2, -0.15) is 0 Å². The van der Waals surface area contributed by atoms with Crippen LogP contribution in [0.25, 0.3) is 0 Å². The molecule has 0 heterocycles. The van der Waals surface area contributed by atoms with E-state index in [2.05, 4.69) is 38.7 Å². The van der Waals surface area contributed by atoms with E-state index < -0.39 is 0 Å². The Kier molecular flexibility index (Phi) is 8.30. The second-order valence-corrected chi connectivity index (χ2v) is 8.83. The molecule has 0 spiro atoms. The molecule has 0 aliphatic carbocycles. The maximum Gasteiger partial charge on any atom is 0.255 e. The average Bonchev–Trinajstić information content (AvgIpc) is 2.86. The molecule has 0 unspecified atom stereocenters. The maximum atomic E-state index is 12.8. The summed E-state index contributed by atoms with van der Waals surface area (Å²) in [6, 6.07) is 32.0. The third-order valence-corrected chi connectivity index (χ3v) is 5.92. The van der Waals surface area contributed by atoms with Crippen LogP contribution in [0.4, 0.5) is 11.4 Å². The fourth-order valence-electron chi connectivity index (χ4n) is 3.55. The highest BCUT2D eigenvalue weighted by atomic mass is 79.9. The number of nitrogens with one attached hydrogen (secondary N) is 2. The van der Waals surface area contributed by atoms with E-state index in [4.69, 9.17) is 4.74 Å². The average molecular weight is 529 g/mol. The van der Waals surface area contributed by atoms with Gasteiger partial charge in [-0.1, -0.05) is 66.7 Å². The second kappa shape index (κ2) is 12.0. The van der Waals surface area contributed by atoms with Gasteiger partial charge in [0.15, 0.2) is 0 Å². The summed E-state index contributed by atoms with van der Waals surface area (Å²) in [7, 11) is 0. The van der Waals surface area contributed by atoms with Crippen LogP contribution in [0.5, 0.6) is 5.75 Å². The van der Waals surface area contributed by atoms with Gasteiger partial charge >= 0.3 is 0 Å². The lowest BCUT2D eigenvalue weighted by Gasteiger charge is -2.11. The van der Waals surface area contributed by atoms with Crippen LogP contribution in [-0.2, 0) is 17.6 Å². The topological polar surface area (TPSA) is 67.4 Å². The number of hydrogen-bond donors (Lipinski definition) is 2. The zero-order valence-corrected chi connectivity index (χ0v) is 20.6. The van der Waals surface area contributed by atoms with Crippen LogP contribution in [0, 0.1) is 0 Å². The van der Waals surface area contributed by atoms with Crippen molar-refractivity contribution in [1.29, 1.82) is 0 Å². The first-order chi connectivity index (χ1) is 17.1. The fourth-order valence-corrected chi connectivity index (χ4v) is 4.04. The summed E-state index contributed by atoms with van der Waals surface area (Å²) in [6.07, 6.45) is 1.08. The highest BCUT2D eigenvalue weighted by Crippen LogP contribution is 2.27. The van der Waals surface area contributed by atoms with Crippen molar-refractivity contribution in [3.8, 4) is 5.75 Å². The normalized spacial score (nSPS) is 10.4.